The number of carboxylic acids is 1. The van der Waals surface area contributed by atoms with Crippen LogP contribution in [0.4, 0.5) is 0 Å². The molecule has 132 valence electrons. The molecule has 4 nitrogen and oxygen atoms in total. The van der Waals surface area contributed by atoms with Gasteiger partial charge in [-0.25, -0.2) is 4.79 Å². The van der Waals surface area contributed by atoms with Gasteiger partial charge in [-0.15, -0.1) is 23.5 Å². The molecule has 0 aromatic heterocycles. The molecule has 0 spiro atoms. The summed E-state index contributed by atoms with van der Waals surface area (Å²) in [6.07, 6.45) is 1.16. The lowest BCUT2D eigenvalue weighted by Gasteiger charge is -2.21. The van der Waals surface area contributed by atoms with E-state index in [9.17, 15) is 14.7 Å². The SMILES string of the molecule is CC(C)(C)CCC(NC(=O)c1ccc(C2SCCS2)cc1)C(=O)O. The van der Waals surface area contributed by atoms with Crippen molar-refractivity contribution in [3.63, 3.8) is 0 Å². The molecule has 0 radical (unpaired) electrons. The number of hydrogen-bond acceptors (Lipinski definition) is 4. The van der Waals surface area contributed by atoms with Crippen molar-refractivity contribution in [1.29, 1.82) is 0 Å². The summed E-state index contributed by atoms with van der Waals surface area (Å²) < 4.78 is 0.445. The van der Waals surface area contributed by atoms with Crippen LogP contribution in [0.1, 0.15) is 54.1 Å². The Morgan fingerprint density at radius 3 is 2.29 bits per heavy atom. The number of hydrogen-bond donors (Lipinski definition) is 2. The van der Waals surface area contributed by atoms with E-state index in [-0.39, 0.29) is 11.3 Å². The third-order valence-corrected chi connectivity index (χ3v) is 6.96. The Balaban J connectivity index is 1.97. The number of thioether (sulfide) groups is 2. The summed E-state index contributed by atoms with van der Waals surface area (Å²) in [4.78, 5) is 23.7. The Bertz CT molecular complexity index is 575. The van der Waals surface area contributed by atoms with E-state index >= 15 is 0 Å². The Labute approximate surface area is 152 Å². The summed E-state index contributed by atoms with van der Waals surface area (Å²) in [6.45, 7) is 6.18. The number of nitrogens with one attached hydrogen (secondary N) is 1. The van der Waals surface area contributed by atoms with Crippen LogP contribution in [-0.2, 0) is 4.79 Å². The fourth-order valence-corrected chi connectivity index (χ4v) is 5.28. The fraction of sp³-hybridized carbons (Fsp3) is 0.556. The van der Waals surface area contributed by atoms with Crippen LogP contribution >= 0.6 is 23.5 Å². The van der Waals surface area contributed by atoms with E-state index < -0.39 is 12.0 Å². The normalized spacial score (nSPS) is 16.8. The molecule has 1 fully saturated rings. The average Bonchev–Trinajstić information content (AvgIpc) is 3.04. The smallest absolute Gasteiger partial charge is 0.326 e. The first kappa shape index (κ1) is 19.2. The second-order valence-corrected chi connectivity index (χ2v) is 9.88. The molecule has 1 atom stereocenters. The van der Waals surface area contributed by atoms with Crippen LogP contribution < -0.4 is 5.32 Å². The largest absolute Gasteiger partial charge is 0.480 e. The molecule has 0 saturated carbocycles. The van der Waals surface area contributed by atoms with E-state index in [1.165, 1.54) is 5.56 Å². The van der Waals surface area contributed by atoms with E-state index in [1.54, 1.807) is 12.1 Å². The van der Waals surface area contributed by atoms with Crippen LogP contribution in [0.15, 0.2) is 24.3 Å². The van der Waals surface area contributed by atoms with Crippen LogP contribution in [0, 0.1) is 5.41 Å². The number of carboxylic acid groups (broad SMARTS) is 1. The zero-order valence-corrected chi connectivity index (χ0v) is 16.0. The minimum Gasteiger partial charge on any atom is -0.480 e. The zero-order chi connectivity index (χ0) is 17.7. The summed E-state index contributed by atoms with van der Waals surface area (Å²) in [7, 11) is 0. The van der Waals surface area contributed by atoms with Crippen molar-refractivity contribution >= 4 is 35.4 Å². The molecule has 6 heteroatoms. The summed E-state index contributed by atoms with van der Waals surface area (Å²) in [5, 5.41) is 12.0. The summed E-state index contributed by atoms with van der Waals surface area (Å²) >= 11 is 3.84. The topological polar surface area (TPSA) is 66.4 Å². The maximum Gasteiger partial charge on any atom is 0.326 e. The number of carbonyl (C=O) groups is 2. The molecule has 1 aliphatic rings. The predicted molar refractivity (Wildman–Crippen MR) is 102 cm³/mol. The van der Waals surface area contributed by atoms with Crippen molar-refractivity contribution in [2.75, 3.05) is 11.5 Å². The van der Waals surface area contributed by atoms with Crippen LogP contribution in [0.2, 0.25) is 0 Å². The molecule has 1 aromatic rings. The molecule has 1 aliphatic heterocycles. The maximum absolute atomic E-state index is 12.3. The molecule has 0 aliphatic carbocycles. The Kier molecular flexibility index (Phi) is 6.63. The van der Waals surface area contributed by atoms with Gasteiger partial charge in [0, 0.05) is 17.1 Å². The monoisotopic (exact) mass is 367 g/mol. The molecule has 2 rings (SSSR count). The Morgan fingerprint density at radius 2 is 1.79 bits per heavy atom. The highest BCUT2D eigenvalue weighted by molar-refractivity contribution is 8.19. The van der Waals surface area contributed by atoms with Crippen LogP contribution in [0.25, 0.3) is 0 Å². The number of carbonyl (C=O) groups excluding carboxylic acids is 1. The highest BCUT2D eigenvalue weighted by atomic mass is 32.2. The van der Waals surface area contributed by atoms with Gasteiger partial charge in [-0.3, -0.25) is 4.79 Å². The van der Waals surface area contributed by atoms with Gasteiger partial charge in [-0.05, 0) is 36.0 Å². The van der Waals surface area contributed by atoms with Crippen molar-refractivity contribution in [3.05, 3.63) is 35.4 Å². The van der Waals surface area contributed by atoms with E-state index in [0.717, 1.165) is 17.9 Å². The Hall–Kier alpha value is -1.14. The molecular weight excluding hydrogens is 342 g/mol. The van der Waals surface area contributed by atoms with Gasteiger partial charge in [0.2, 0.25) is 0 Å². The van der Waals surface area contributed by atoms with Crippen LogP contribution in [-0.4, -0.2) is 34.5 Å². The lowest BCUT2D eigenvalue weighted by atomic mass is 9.88. The predicted octanol–water partition coefficient (Wildman–Crippen LogP) is 4.17. The van der Waals surface area contributed by atoms with Gasteiger partial charge in [0.1, 0.15) is 6.04 Å². The van der Waals surface area contributed by atoms with Gasteiger partial charge in [0.25, 0.3) is 5.91 Å². The van der Waals surface area contributed by atoms with Gasteiger partial charge in [0.15, 0.2) is 0 Å². The molecule has 2 N–H and O–H groups in total. The van der Waals surface area contributed by atoms with Gasteiger partial charge < -0.3 is 10.4 Å². The third kappa shape index (κ3) is 5.74. The summed E-state index contributed by atoms with van der Waals surface area (Å²) in [5.74, 6) is 1.01. The molecular formula is C18H25NO3S2. The molecule has 1 unspecified atom stereocenters. The number of amides is 1. The number of benzene rings is 1. The van der Waals surface area contributed by atoms with Crippen molar-refractivity contribution < 1.29 is 14.7 Å². The number of aliphatic carboxylic acids is 1. The molecule has 1 heterocycles. The quantitative estimate of drug-likeness (QED) is 0.790. The lowest BCUT2D eigenvalue weighted by Crippen LogP contribution is -2.41. The molecule has 1 amide bonds. The molecule has 1 saturated heterocycles. The van der Waals surface area contributed by atoms with Crippen LogP contribution in [0.5, 0.6) is 0 Å². The van der Waals surface area contributed by atoms with E-state index in [4.69, 9.17) is 0 Å². The minimum absolute atomic E-state index is 0.0384. The first-order valence-corrected chi connectivity index (χ1v) is 10.2. The van der Waals surface area contributed by atoms with E-state index in [1.807, 2.05) is 35.7 Å². The second kappa shape index (κ2) is 8.30. The molecule has 24 heavy (non-hydrogen) atoms. The summed E-state index contributed by atoms with van der Waals surface area (Å²) in [5.41, 5.74) is 1.76. The van der Waals surface area contributed by atoms with Gasteiger partial charge in [0.05, 0.1) is 4.58 Å². The molecule has 0 bridgehead atoms. The lowest BCUT2D eigenvalue weighted by molar-refractivity contribution is -0.139. The standard InChI is InChI=1S/C18H25NO3S2/c1-18(2,3)9-8-14(16(21)22)19-15(20)12-4-6-13(7-5-12)17-23-10-11-24-17/h4-7,14,17H,8-11H2,1-3H3,(H,19,20)(H,21,22). The number of rotatable bonds is 6. The first-order valence-electron chi connectivity index (χ1n) is 8.13. The average molecular weight is 368 g/mol. The molecule has 1 aromatic carbocycles. The Morgan fingerprint density at radius 1 is 1.21 bits per heavy atom. The van der Waals surface area contributed by atoms with Gasteiger partial charge in [-0.2, -0.15) is 0 Å². The summed E-state index contributed by atoms with van der Waals surface area (Å²) in [6, 6.07) is 6.66. The van der Waals surface area contributed by atoms with Gasteiger partial charge in [-0.1, -0.05) is 32.9 Å². The van der Waals surface area contributed by atoms with E-state index in [0.29, 0.717) is 16.6 Å². The van der Waals surface area contributed by atoms with Crippen molar-refractivity contribution in [2.24, 2.45) is 5.41 Å². The van der Waals surface area contributed by atoms with E-state index in [2.05, 4.69) is 26.1 Å². The van der Waals surface area contributed by atoms with Crippen LogP contribution in [0.3, 0.4) is 0 Å². The third-order valence-electron chi connectivity index (χ3n) is 3.85. The van der Waals surface area contributed by atoms with Gasteiger partial charge >= 0.3 is 5.97 Å². The zero-order valence-electron chi connectivity index (χ0n) is 14.4. The highest BCUT2D eigenvalue weighted by Crippen LogP contribution is 2.45. The highest BCUT2D eigenvalue weighted by Gasteiger charge is 2.24. The van der Waals surface area contributed by atoms with Crippen molar-refractivity contribution in [3.8, 4) is 0 Å². The first-order chi connectivity index (χ1) is 11.3. The maximum atomic E-state index is 12.3. The van der Waals surface area contributed by atoms with Crippen molar-refractivity contribution in [2.45, 2.75) is 44.2 Å². The minimum atomic E-state index is -0.983. The second-order valence-electron chi connectivity index (χ2n) is 7.16. The van der Waals surface area contributed by atoms with Crippen molar-refractivity contribution in [1.82, 2.24) is 5.32 Å². The fourth-order valence-electron chi connectivity index (χ4n) is 2.42.